The molecule has 1 fully saturated rings. The van der Waals surface area contributed by atoms with Crippen LogP contribution in [0, 0.1) is 0 Å². The smallest absolute Gasteiger partial charge is 0.231 e. The van der Waals surface area contributed by atoms with Gasteiger partial charge in [-0.25, -0.2) is 0 Å². The van der Waals surface area contributed by atoms with Crippen LogP contribution in [0.15, 0.2) is 36.1 Å². The zero-order valence-electron chi connectivity index (χ0n) is 16.8. The van der Waals surface area contributed by atoms with Crippen LogP contribution in [0.5, 0.6) is 23.0 Å². The van der Waals surface area contributed by atoms with E-state index >= 15 is 0 Å². The number of fused-ring (bicyclic) bond motifs is 1. The first-order valence-corrected chi connectivity index (χ1v) is 9.95. The summed E-state index contributed by atoms with van der Waals surface area (Å²) >= 11 is 0. The van der Waals surface area contributed by atoms with Gasteiger partial charge in [0.1, 0.15) is 23.8 Å². The number of phenols is 1. The Morgan fingerprint density at radius 2 is 1.90 bits per heavy atom. The zero-order valence-corrected chi connectivity index (χ0v) is 16.8. The number of phenolic OH excluding ortho intramolecular Hbond substituents is 1. The number of hydrogen-bond donors (Lipinski definition) is 2. The summed E-state index contributed by atoms with van der Waals surface area (Å²) in [6.07, 6.45) is 5.29. The molecule has 0 aliphatic carbocycles. The number of ketones is 1. The lowest BCUT2D eigenvalue weighted by atomic mass is 10.0. The number of ether oxygens (including phenoxy) is 3. The largest absolute Gasteiger partial charge is 0.507 e. The maximum atomic E-state index is 13.0. The minimum absolute atomic E-state index is 0.176. The van der Waals surface area contributed by atoms with Crippen LogP contribution >= 0.6 is 0 Å². The normalized spacial score (nSPS) is 17.9. The first-order chi connectivity index (χ1) is 14.1. The molecule has 6 heteroatoms. The number of allylic oxidation sites excluding steroid dienone is 1. The van der Waals surface area contributed by atoms with E-state index in [-0.39, 0.29) is 17.3 Å². The van der Waals surface area contributed by atoms with E-state index in [2.05, 4.69) is 0 Å². The summed E-state index contributed by atoms with van der Waals surface area (Å²) < 4.78 is 16.7. The number of carbonyl (C=O) groups is 1. The first kappa shape index (κ1) is 19.3. The van der Waals surface area contributed by atoms with Crippen molar-refractivity contribution in [1.82, 2.24) is 0 Å². The van der Waals surface area contributed by atoms with Crippen LogP contribution < -0.4 is 19.1 Å². The number of nitrogens with one attached hydrogen (secondary N) is 1. The van der Waals surface area contributed by atoms with Crippen molar-refractivity contribution >= 4 is 11.9 Å². The number of piperidine rings is 1. The highest BCUT2D eigenvalue weighted by Crippen LogP contribution is 2.40. The number of aromatic hydroxyl groups is 1. The predicted octanol–water partition coefficient (Wildman–Crippen LogP) is 2.59. The molecule has 2 aliphatic rings. The molecule has 0 aromatic heterocycles. The van der Waals surface area contributed by atoms with Crippen molar-refractivity contribution in [1.29, 1.82) is 0 Å². The third-order valence-corrected chi connectivity index (χ3v) is 5.63. The van der Waals surface area contributed by atoms with Gasteiger partial charge in [-0.1, -0.05) is 0 Å². The fourth-order valence-electron chi connectivity index (χ4n) is 4.04. The Balaban J connectivity index is 1.68. The van der Waals surface area contributed by atoms with Gasteiger partial charge in [-0.2, -0.15) is 0 Å². The summed E-state index contributed by atoms with van der Waals surface area (Å²) in [6, 6.07) is 8.60. The summed E-state index contributed by atoms with van der Waals surface area (Å²) in [6.45, 7) is 2.79. The highest BCUT2D eigenvalue weighted by Gasteiger charge is 2.33. The lowest BCUT2D eigenvalue weighted by Crippen LogP contribution is -3.11. The maximum Gasteiger partial charge on any atom is 0.231 e. The molecule has 2 aromatic carbocycles. The molecule has 0 atom stereocenters. The Hall–Kier alpha value is -2.99. The molecule has 29 heavy (non-hydrogen) atoms. The average Bonchev–Trinajstić information content (AvgIpc) is 3.06. The van der Waals surface area contributed by atoms with Crippen LogP contribution in [0.4, 0.5) is 0 Å². The van der Waals surface area contributed by atoms with Gasteiger partial charge < -0.3 is 24.2 Å². The molecule has 4 rings (SSSR count). The van der Waals surface area contributed by atoms with E-state index in [0.29, 0.717) is 40.5 Å². The Kier molecular flexibility index (Phi) is 5.45. The number of likely N-dealkylation sites (tertiary alicyclic amines) is 1. The molecule has 1 saturated heterocycles. The second kappa shape index (κ2) is 8.17. The van der Waals surface area contributed by atoms with Crippen molar-refractivity contribution in [2.75, 3.05) is 27.3 Å². The summed E-state index contributed by atoms with van der Waals surface area (Å²) in [7, 11) is 3.16. The van der Waals surface area contributed by atoms with Gasteiger partial charge in [-0.3, -0.25) is 4.79 Å². The summed E-state index contributed by atoms with van der Waals surface area (Å²) in [5, 5.41) is 10.5. The number of carbonyl (C=O) groups excluding carboxylic acids is 1. The molecule has 0 bridgehead atoms. The van der Waals surface area contributed by atoms with Gasteiger partial charge in [0, 0.05) is 5.56 Å². The van der Waals surface area contributed by atoms with E-state index < -0.39 is 0 Å². The molecule has 2 aliphatic heterocycles. The molecular formula is C23H26NO5+. The van der Waals surface area contributed by atoms with Crippen LogP contribution in [0.2, 0.25) is 0 Å². The van der Waals surface area contributed by atoms with Crippen LogP contribution in [-0.4, -0.2) is 38.2 Å². The van der Waals surface area contributed by atoms with Gasteiger partial charge in [-0.05, 0) is 55.7 Å². The van der Waals surface area contributed by atoms with E-state index in [1.165, 1.54) is 24.2 Å². The topological polar surface area (TPSA) is 69.4 Å². The van der Waals surface area contributed by atoms with Gasteiger partial charge in [0.2, 0.25) is 5.78 Å². The molecule has 0 spiro atoms. The second-order valence-corrected chi connectivity index (χ2v) is 7.48. The summed E-state index contributed by atoms with van der Waals surface area (Å²) in [5.41, 5.74) is 1.88. The summed E-state index contributed by atoms with van der Waals surface area (Å²) in [5.74, 6) is 1.95. The number of hydrogen-bond acceptors (Lipinski definition) is 5. The molecule has 6 nitrogen and oxygen atoms in total. The van der Waals surface area contributed by atoms with E-state index in [0.717, 1.165) is 13.1 Å². The number of Topliss-reactive ketones (excluding diaryl/α,β-unsaturated/α-hetero) is 1. The number of methoxy groups -OCH3 is 2. The molecule has 0 saturated carbocycles. The Morgan fingerprint density at radius 1 is 1.10 bits per heavy atom. The standard InChI is InChI=1S/C23H25NO5/c1-27-16-6-9-20(28-2)15(12-16)13-21-22(26)17-7-8-19(25)18(23(17)29-21)14-24-10-4-3-5-11-24/h6-9,12-13,25H,3-5,10-11,14H2,1-2H3/p+1/b21-13-. The average molecular weight is 396 g/mol. The second-order valence-electron chi connectivity index (χ2n) is 7.48. The molecule has 0 radical (unpaired) electrons. The lowest BCUT2D eigenvalue weighted by Gasteiger charge is -2.24. The third kappa shape index (κ3) is 3.80. The number of rotatable bonds is 5. The van der Waals surface area contributed by atoms with Crippen molar-refractivity contribution in [3.63, 3.8) is 0 Å². The van der Waals surface area contributed by atoms with E-state index in [1.54, 1.807) is 50.6 Å². The molecule has 152 valence electrons. The van der Waals surface area contributed by atoms with Gasteiger partial charge in [0.05, 0.1) is 38.4 Å². The van der Waals surface area contributed by atoms with E-state index in [9.17, 15) is 9.90 Å². The monoisotopic (exact) mass is 396 g/mol. The first-order valence-electron chi connectivity index (χ1n) is 9.95. The molecule has 2 N–H and O–H groups in total. The van der Waals surface area contributed by atoms with Gasteiger partial charge in [0.15, 0.2) is 11.5 Å². The van der Waals surface area contributed by atoms with Crippen LogP contribution in [-0.2, 0) is 6.54 Å². The quantitative estimate of drug-likeness (QED) is 0.761. The van der Waals surface area contributed by atoms with Crippen molar-refractivity contribution in [3.8, 4) is 23.0 Å². The molecule has 2 aromatic rings. The maximum absolute atomic E-state index is 13.0. The molecule has 0 amide bonds. The summed E-state index contributed by atoms with van der Waals surface area (Å²) in [4.78, 5) is 14.4. The van der Waals surface area contributed by atoms with Gasteiger partial charge in [0.25, 0.3) is 0 Å². The van der Waals surface area contributed by atoms with Crippen LogP contribution in [0.1, 0.15) is 40.7 Å². The Labute approximate surface area is 170 Å². The number of quaternary nitrogens is 1. The molecule has 2 heterocycles. The van der Waals surface area contributed by atoms with E-state index in [1.807, 2.05) is 0 Å². The highest BCUT2D eigenvalue weighted by molar-refractivity contribution is 6.15. The van der Waals surface area contributed by atoms with Crippen molar-refractivity contribution in [2.45, 2.75) is 25.8 Å². The van der Waals surface area contributed by atoms with Crippen molar-refractivity contribution in [2.24, 2.45) is 0 Å². The number of benzene rings is 2. The third-order valence-electron chi connectivity index (χ3n) is 5.63. The Bertz CT molecular complexity index is 960. The lowest BCUT2D eigenvalue weighted by molar-refractivity contribution is -0.918. The molecular weight excluding hydrogens is 370 g/mol. The Morgan fingerprint density at radius 3 is 2.62 bits per heavy atom. The minimum atomic E-state index is -0.195. The van der Waals surface area contributed by atoms with Gasteiger partial charge in [-0.15, -0.1) is 0 Å². The van der Waals surface area contributed by atoms with Crippen LogP contribution in [0.3, 0.4) is 0 Å². The zero-order chi connectivity index (χ0) is 20.4. The fourth-order valence-corrected chi connectivity index (χ4v) is 4.04. The fraction of sp³-hybridized carbons (Fsp3) is 0.348. The predicted molar refractivity (Wildman–Crippen MR) is 109 cm³/mol. The van der Waals surface area contributed by atoms with E-state index in [4.69, 9.17) is 14.2 Å². The molecule has 0 unspecified atom stereocenters. The van der Waals surface area contributed by atoms with Gasteiger partial charge >= 0.3 is 0 Å². The van der Waals surface area contributed by atoms with Crippen molar-refractivity contribution in [3.05, 3.63) is 52.8 Å². The van der Waals surface area contributed by atoms with Crippen molar-refractivity contribution < 1.29 is 29.0 Å². The SMILES string of the molecule is COc1ccc(OC)c(/C=C2\Oc3c(ccc(O)c3C[NH+]3CCCCC3)C2=O)c1. The minimum Gasteiger partial charge on any atom is -0.507 e. The van der Waals surface area contributed by atoms with Crippen LogP contribution in [0.25, 0.3) is 6.08 Å². The highest BCUT2D eigenvalue weighted by atomic mass is 16.5.